The van der Waals surface area contributed by atoms with E-state index in [-0.39, 0.29) is 23.5 Å². The lowest BCUT2D eigenvalue weighted by molar-refractivity contribution is 0.0731. The predicted octanol–water partition coefficient (Wildman–Crippen LogP) is 4.36. The van der Waals surface area contributed by atoms with Gasteiger partial charge in [0.05, 0.1) is 28.4 Å². The molecule has 1 saturated heterocycles. The van der Waals surface area contributed by atoms with Crippen molar-refractivity contribution in [1.29, 1.82) is 0 Å². The van der Waals surface area contributed by atoms with Crippen LogP contribution in [-0.2, 0) is 0 Å². The molecule has 0 spiro atoms. The molecule has 6 rings (SSSR count). The van der Waals surface area contributed by atoms with Crippen LogP contribution in [0.4, 0.5) is 4.39 Å². The number of amides is 1. The van der Waals surface area contributed by atoms with E-state index in [2.05, 4.69) is 20.3 Å². The van der Waals surface area contributed by atoms with Crippen molar-refractivity contribution in [2.24, 2.45) is 0 Å². The number of hydrogen-bond donors (Lipinski definition) is 0. The van der Waals surface area contributed by atoms with Crippen LogP contribution in [0.25, 0.3) is 28.0 Å². The SMILES string of the molecule is Cc1noc2nc(-c3ccc(F)cc3)cc(C(=O)N3CCC[C@@H]3c3nnc4ccccn34)c12. The van der Waals surface area contributed by atoms with E-state index in [1.54, 1.807) is 25.1 Å². The molecule has 0 saturated carbocycles. The first kappa shape index (κ1) is 19.5. The molecule has 0 unspecified atom stereocenters. The predicted molar refractivity (Wildman–Crippen MR) is 118 cm³/mol. The van der Waals surface area contributed by atoms with Crippen LogP contribution < -0.4 is 0 Å². The Kier molecular flexibility index (Phi) is 4.42. The first-order valence-electron chi connectivity index (χ1n) is 10.7. The lowest BCUT2D eigenvalue weighted by Gasteiger charge is -2.24. The van der Waals surface area contributed by atoms with E-state index in [1.807, 2.05) is 33.7 Å². The van der Waals surface area contributed by atoms with Crippen molar-refractivity contribution in [1.82, 2.24) is 29.6 Å². The first-order valence-corrected chi connectivity index (χ1v) is 10.7. The Labute approximate surface area is 187 Å². The maximum Gasteiger partial charge on any atom is 0.259 e. The Balaban J connectivity index is 1.46. The molecular weight excluding hydrogens is 423 g/mol. The molecule has 1 atom stereocenters. The molecule has 1 amide bonds. The molecule has 1 aliphatic heterocycles. The lowest BCUT2D eigenvalue weighted by Crippen LogP contribution is -2.31. The highest BCUT2D eigenvalue weighted by atomic mass is 19.1. The smallest absolute Gasteiger partial charge is 0.259 e. The van der Waals surface area contributed by atoms with Crippen LogP contribution in [0.5, 0.6) is 0 Å². The van der Waals surface area contributed by atoms with Gasteiger partial charge in [-0.3, -0.25) is 9.20 Å². The van der Waals surface area contributed by atoms with E-state index in [9.17, 15) is 9.18 Å². The van der Waals surface area contributed by atoms with Gasteiger partial charge in [-0.2, -0.15) is 0 Å². The summed E-state index contributed by atoms with van der Waals surface area (Å²) < 4.78 is 20.8. The zero-order valence-electron chi connectivity index (χ0n) is 17.8. The summed E-state index contributed by atoms with van der Waals surface area (Å²) in [6, 6.07) is 13.2. The van der Waals surface area contributed by atoms with Crippen molar-refractivity contribution in [2.45, 2.75) is 25.8 Å². The van der Waals surface area contributed by atoms with Crippen molar-refractivity contribution in [3.63, 3.8) is 0 Å². The number of fused-ring (bicyclic) bond motifs is 2. The summed E-state index contributed by atoms with van der Waals surface area (Å²) in [6.07, 6.45) is 3.57. The number of nitrogens with zero attached hydrogens (tertiary/aromatic N) is 6. The fourth-order valence-corrected chi connectivity index (χ4v) is 4.55. The first-order chi connectivity index (χ1) is 16.1. The van der Waals surface area contributed by atoms with E-state index >= 15 is 0 Å². The van der Waals surface area contributed by atoms with Crippen molar-refractivity contribution in [3.05, 3.63) is 77.6 Å². The second-order valence-electron chi connectivity index (χ2n) is 8.15. The molecule has 1 fully saturated rings. The van der Waals surface area contributed by atoms with E-state index in [0.29, 0.717) is 34.4 Å². The molecule has 33 heavy (non-hydrogen) atoms. The number of aryl methyl sites for hydroxylation is 1. The molecule has 8 nitrogen and oxygen atoms in total. The van der Waals surface area contributed by atoms with Crippen LogP contribution in [0.1, 0.15) is 40.8 Å². The minimum Gasteiger partial charge on any atom is -0.335 e. The molecule has 164 valence electrons. The second kappa shape index (κ2) is 7.47. The molecule has 9 heteroatoms. The molecule has 1 aromatic carbocycles. The van der Waals surface area contributed by atoms with E-state index in [1.165, 1.54) is 12.1 Å². The van der Waals surface area contributed by atoms with Crippen LogP contribution in [0.3, 0.4) is 0 Å². The summed E-state index contributed by atoms with van der Waals surface area (Å²) >= 11 is 0. The van der Waals surface area contributed by atoms with Crippen LogP contribution in [0, 0.1) is 12.7 Å². The van der Waals surface area contributed by atoms with Gasteiger partial charge in [-0.15, -0.1) is 10.2 Å². The second-order valence-corrected chi connectivity index (χ2v) is 8.15. The highest BCUT2D eigenvalue weighted by Gasteiger charge is 2.35. The van der Waals surface area contributed by atoms with Gasteiger partial charge in [-0.25, -0.2) is 9.37 Å². The molecule has 1 aliphatic rings. The van der Waals surface area contributed by atoms with Crippen molar-refractivity contribution in [3.8, 4) is 11.3 Å². The van der Waals surface area contributed by atoms with Gasteiger partial charge in [0.1, 0.15) is 5.82 Å². The molecule has 5 heterocycles. The Morgan fingerprint density at radius 3 is 2.85 bits per heavy atom. The molecule has 4 aromatic heterocycles. The van der Waals surface area contributed by atoms with Gasteiger partial charge in [-0.05, 0) is 62.2 Å². The lowest BCUT2D eigenvalue weighted by atomic mass is 10.0. The summed E-state index contributed by atoms with van der Waals surface area (Å²) in [6.45, 7) is 2.39. The Bertz CT molecular complexity index is 1510. The fourth-order valence-electron chi connectivity index (χ4n) is 4.55. The largest absolute Gasteiger partial charge is 0.335 e. The standard InChI is InChI=1S/C24H19FN6O2/c1-14-21-17(13-18(26-23(21)33-29-14)15-7-9-16(25)10-8-15)24(32)30-12-4-5-19(30)22-28-27-20-6-2-3-11-31(20)22/h2-3,6-11,13,19H,4-5,12H2,1H3/t19-/m1/s1. The van der Waals surface area contributed by atoms with E-state index < -0.39 is 0 Å². The van der Waals surface area contributed by atoms with Gasteiger partial charge in [-0.1, -0.05) is 11.2 Å². The van der Waals surface area contributed by atoms with Gasteiger partial charge in [0.2, 0.25) is 0 Å². The van der Waals surface area contributed by atoms with Gasteiger partial charge >= 0.3 is 0 Å². The third kappa shape index (κ3) is 3.15. The Hall–Kier alpha value is -4.14. The normalized spacial score (nSPS) is 16.2. The summed E-state index contributed by atoms with van der Waals surface area (Å²) in [5, 5.41) is 13.3. The monoisotopic (exact) mass is 442 g/mol. The third-order valence-electron chi connectivity index (χ3n) is 6.14. The number of halogens is 1. The number of carbonyl (C=O) groups excluding carboxylic acids is 1. The fraction of sp³-hybridized carbons (Fsp3) is 0.208. The summed E-state index contributed by atoms with van der Waals surface area (Å²) in [7, 11) is 0. The topological polar surface area (TPSA) is 89.4 Å². The maximum absolute atomic E-state index is 13.9. The molecule has 0 radical (unpaired) electrons. The summed E-state index contributed by atoms with van der Waals surface area (Å²) in [5.74, 6) is 0.252. The zero-order chi connectivity index (χ0) is 22.5. The summed E-state index contributed by atoms with van der Waals surface area (Å²) in [4.78, 5) is 20.3. The van der Waals surface area contributed by atoms with Crippen molar-refractivity contribution in [2.75, 3.05) is 6.54 Å². The van der Waals surface area contributed by atoms with Crippen LogP contribution in [0.2, 0.25) is 0 Å². The number of hydrogen-bond acceptors (Lipinski definition) is 6. The van der Waals surface area contributed by atoms with E-state index in [4.69, 9.17) is 4.52 Å². The van der Waals surface area contributed by atoms with Gasteiger partial charge in [0, 0.05) is 18.3 Å². The number of likely N-dealkylation sites (tertiary alicyclic amines) is 1. The number of pyridine rings is 2. The third-order valence-corrected chi connectivity index (χ3v) is 6.14. The minimum absolute atomic E-state index is 0.146. The Morgan fingerprint density at radius 2 is 2.00 bits per heavy atom. The van der Waals surface area contributed by atoms with Crippen LogP contribution in [0.15, 0.2) is 59.3 Å². The highest BCUT2D eigenvalue weighted by Crippen LogP contribution is 2.35. The van der Waals surface area contributed by atoms with E-state index in [0.717, 1.165) is 24.3 Å². The molecule has 0 N–H and O–H groups in total. The van der Waals surface area contributed by atoms with Gasteiger partial charge < -0.3 is 9.42 Å². The number of rotatable bonds is 3. The van der Waals surface area contributed by atoms with Crippen LogP contribution in [-0.4, -0.2) is 42.1 Å². The highest BCUT2D eigenvalue weighted by molar-refractivity contribution is 6.07. The average Bonchev–Trinajstić information content (AvgIpc) is 3.57. The average molecular weight is 442 g/mol. The van der Waals surface area contributed by atoms with Crippen molar-refractivity contribution < 1.29 is 13.7 Å². The number of carbonyl (C=O) groups is 1. The molecule has 0 bridgehead atoms. The van der Waals surface area contributed by atoms with Crippen LogP contribution >= 0.6 is 0 Å². The number of benzene rings is 1. The minimum atomic E-state index is -0.341. The molecule has 5 aromatic rings. The zero-order valence-corrected chi connectivity index (χ0v) is 17.8. The quantitative estimate of drug-likeness (QED) is 0.413. The number of aromatic nitrogens is 5. The Morgan fingerprint density at radius 1 is 1.15 bits per heavy atom. The van der Waals surface area contributed by atoms with Gasteiger partial charge in [0.25, 0.3) is 11.6 Å². The molecule has 0 aliphatic carbocycles. The molecular formula is C24H19FN6O2. The van der Waals surface area contributed by atoms with Crippen molar-refractivity contribution >= 4 is 22.7 Å². The summed E-state index contributed by atoms with van der Waals surface area (Å²) in [5.41, 5.74) is 3.27. The maximum atomic E-state index is 13.9. The van der Waals surface area contributed by atoms with Gasteiger partial charge in [0.15, 0.2) is 11.5 Å².